The van der Waals surface area contributed by atoms with Gasteiger partial charge in [0.1, 0.15) is 18.0 Å². The fraction of sp³-hybridized carbons (Fsp3) is 0.435. The van der Waals surface area contributed by atoms with E-state index in [0.717, 1.165) is 43.0 Å². The molecule has 0 bridgehead atoms. The summed E-state index contributed by atoms with van der Waals surface area (Å²) in [6, 6.07) is 28.3. The summed E-state index contributed by atoms with van der Waals surface area (Å²) in [4.78, 5) is 31.8. The number of aromatic nitrogens is 2. The summed E-state index contributed by atoms with van der Waals surface area (Å²) in [6.07, 6.45) is 2.90. The average molecular weight is 833 g/mol. The van der Waals surface area contributed by atoms with Crippen molar-refractivity contribution in [2.24, 2.45) is 0 Å². The molecule has 4 aromatic carbocycles. The molecule has 2 atom stereocenters. The third-order valence-electron chi connectivity index (χ3n) is 11.3. The fourth-order valence-corrected chi connectivity index (χ4v) is 9.11. The van der Waals surface area contributed by atoms with Crippen molar-refractivity contribution in [1.82, 2.24) is 19.8 Å². The van der Waals surface area contributed by atoms with E-state index < -0.39 is 5.60 Å². The van der Waals surface area contributed by atoms with Crippen molar-refractivity contribution in [2.75, 3.05) is 56.2 Å². The number of aryl methyl sites for hydroxylation is 2. The number of ether oxygens (including phenoxy) is 2. The van der Waals surface area contributed by atoms with E-state index in [1.54, 1.807) is 4.90 Å². The van der Waals surface area contributed by atoms with Gasteiger partial charge in [-0.3, -0.25) is 0 Å². The molecule has 0 unspecified atom stereocenters. The van der Waals surface area contributed by atoms with Gasteiger partial charge in [0.15, 0.2) is 0 Å². The Morgan fingerprint density at radius 1 is 0.877 bits per heavy atom. The number of hydrogen-bond acceptors (Lipinski definition) is 9. The number of nitriles is 1. The SMILES string of the molecule is Cc1cccc2cccc(Br)c12.Cc1cccc2cccc(N3CCc4c(nc(OC[C@@H]5CCCN5C)nc4N4CCN(C(=O)OC(C)(C)C)[C@@H](CC#N)C4)C3)c12. The van der Waals surface area contributed by atoms with Gasteiger partial charge in [-0.15, -0.1) is 0 Å². The number of fused-ring (bicyclic) bond motifs is 3. The molecule has 3 aliphatic rings. The molecule has 10 nitrogen and oxygen atoms in total. The van der Waals surface area contributed by atoms with Crippen LogP contribution in [0.25, 0.3) is 21.5 Å². The van der Waals surface area contributed by atoms with Crippen LogP contribution in [0.15, 0.2) is 77.3 Å². The average Bonchev–Trinajstić information content (AvgIpc) is 3.60. The molecule has 3 aliphatic heterocycles. The Kier molecular flexibility index (Phi) is 12.2. The molecule has 4 heterocycles. The summed E-state index contributed by atoms with van der Waals surface area (Å²) in [7, 11) is 2.14. The van der Waals surface area contributed by atoms with Crippen molar-refractivity contribution in [3.8, 4) is 12.1 Å². The lowest BCUT2D eigenvalue weighted by molar-refractivity contribution is 0.0144. The highest BCUT2D eigenvalue weighted by molar-refractivity contribution is 9.10. The van der Waals surface area contributed by atoms with Gasteiger partial charge in [0, 0.05) is 53.3 Å². The number of likely N-dealkylation sites (N-methyl/N-ethyl adjacent to an activating group) is 1. The maximum absolute atomic E-state index is 13.1. The summed E-state index contributed by atoms with van der Waals surface area (Å²) >= 11 is 3.55. The molecule has 0 N–H and O–H groups in total. The first-order valence-corrected chi connectivity index (χ1v) is 20.9. The predicted molar refractivity (Wildman–Crippen MR) is 232 cm³/mol. The summed E-state index contributed by atoms with van der Waals surface area (Å²) in [5, 5.41) is 14.8. The van der Waals surface area contributed by atoms with Crippen molar-refractivity contribution in [1.29, 1.82) is 5.26 Å². The monoisotopic (exact) mass is 831 g/mol. The molecule has 0 spiro atoms. The highest BCUT2D eigenvalue weighted by Gasteiger charge is 2.36. The second-order valence-electron chi connectivity index (χ2n) is 16.5. The molecule has 0 saturated carbocycles. The van der Waals surface area contributed by atoms with Gasteiger partial charge >= 0.3 is 12.1 Å². The zero-order chi connectivity index (χ0) is 40.3. The first kappa shape index (κ1) is 40.3. The Bertz CT molecular complexity index is 2240. The molecule has 8 rings (SSSR count). The lowest BCUT2D eigenvalue weighted by Gasteiger charge is -2.42. The molecule has 1 amide bonds. The van der Waals surface area contributed by atoms with E-state index in [4.69, 9.17) is 19.4 Å². The van der Waals surface area contributed by atoms with E-state index in [1.807, 2.05) is 20.8 Å². The second kappa shape index (κ2) is 17.3. The minimum atomic E-state index is -0.606. The van der Waals surface area contributed by atoms with Crippen LogP contribution in [-0.2, 0) is 17.7 Å². The van der Waals surface area contributed by atoms with Crippen LogP contribution in [0, 0.1) is 25.2 Å². The molecule has 298 valence electrons. The van der Waals surface area contributed by atoms with Gasteiger partial charge in [-0.1, -0.05) is 76.6 Å². The zero-order valence-corrected chi connectivity index (χ0v) is 35.7. The largest absolute Gasteiger partial charge is 0.462 e. The number of amides is 1. The number of anilines is 2. The molecular weight excluding hydrogens is 778 g/mol. The van der Waals surface area contributed by atoms with Gasteiger partial charge in [-0.2, -0.15) is 15.2 Å². The van der Waals surface area contributed by atoms with Crippen LogP contribution in [0.5, 0.6) is 6.01 Å². The normalized spacial score (nSPS) is 18.5. The molecule has 1 aromatic heterocycles. The van der Waals surface area contributed by atoms with E-state index in [0.29, 0.717) is 44.8 Å². The van der Waals surface area contributed by atoms with Gasteiger partial charge in [0.2, 0.25) is 0 Å². The minimum absolute atomic E-state index is 0.217. The van der Waals surface area contributed by atoms with E-state index in [9.17, 15) is 10.1 Å². The Hall–Kier alpha value is -4.92. The number of hydrogen-bond donors (Lipinski definition) is 0. The van der Waals surface area contributed by atoms with Crippen molar-refractivity contribution in [3.05, 3.63) is 99.7 Å². The second-order valence-corrected chi connectivity index (χ2v) is 17.4. The Labute approximate surface area is 345 Å². The number of carbonyl (C=O) groups excluding carboxylic acids is 1. The number of piperazine rings is 1. The van der Waals surface area contributed by atoms with E-state index >= 15 is 0 Å². The van der Waals surface area contributed by atoms with Crippen LogP contribution < -0.4 is 14.5 Å². The molecule has 0 aliphatic carbocycles. The standard InChI is InChI=1S/C35H45N7O3.C11H9Br/c1-24-9-6-10-25-11-7-13-30(31(24)25)40-18-15-28-29(22-40)37-33(44-23-27-12-8-17-39(27)5)38-32(28)41-19-20-42(26(21-41)14-16-36)34(43)45-35(2,3)4;1-8-4-2-5-9-6-3-7-10(12)11(8)9/h6-7,9-11,13,26-27H,8,12,14-15,17-23H2,1-5H3;2-7H,1H3/t26-,27-;/m0./s1. The smallest absolute Gasteiger partial charge is 0.410 e. The zero-order valence-electron chi connectivity index (χ0n) is 34.1. The van der Waals surface area contributed by atoms with Gasteiger partial charge in [0.25, 0.3) is 0 Å². The maximum atomic E-state index is 13.1. The molecule has 57 heavy (non-hydrogen) atoms. The van der Waals surface area contributed by atoms with Crippen molar-refractivity contribution in [3.63, 3.8) is 0 Å². The Morgan fingerprint density at radius 2 is 1.56 bits per heavy atom. The minimum Gasteiger partial charge on any atom is -0.462 e. The van der Waals surface area contributed by atoms with Crippen LogP contribution in [0.4, 0.5) is 16.3 Å². The van der Waals surface area contributed by atoms with Gasteiger partial charge in [0.05, 0.1) is 30.8 Å². The van der Waals surface area contributed by atoms with Crippen molar-refractivity contribution >= 4 is 55.1 Å². The lowest BCUT2D eigenvalue weighted by Crippen LogP contribution is -2.56. The van der Waals surface area contributed by atoms with Crippen LogP contribution in [0.1, 0.15) is 62.4 Å². The maximum Gasteiger partial charge on any atom is 0.410 e. The van der Waals surface area contributed by atoms with Gasteiger partial charge in [-0.25, -0.2) is 4.79 Å². The summed E-state index contributed by atoms with van der Waals surface area (Å²) in [6.45, 7) is 14.5. The first-order chi connectivity index (χ1) is 27.4. The van der Waals surface area contributed by atoms with E-state index in [2.05, 4.69) is 130 Å². The molecule has 2 saturated heterocycles. The molecular formula is C46H54BrN7O3. The van der Waals surface area contributed by atoms with Crippen LogP contribution in [0.3, 0.4) is 0 Å². The number of nitrogens with zero attached hydrogens (tertiary/aromatic N) is 7. The highest BCUT2D eigenvalue weighted by Crippen LogP contribution is 2.36. The number of rotatable bonds is 6. The van der Waals surface area contributed by atoms with Gasteiger partial charge in [-0.05, 0) is 107 Å². The summed E-state index contributed by atoms with van der Waals surface area (Å²) in [5.41, 5.74) is 5.28. The lowest BCUT2D eigenvalue weighted by atomic mass is 9.99. The highest BCUT2D eigenvalue weighted by atomic mass is 79.9. The third kappa shape index (κ3) is 9.13. The quantitative estimate of drug-likeness (QED) is 0.166. The Morgan fingerprint density at radius 3 is 2.23 bits per heavy atom. The number of carbonyl (C=O) groups is 1. The topological polar surface area (TPSA) is 98.1 Å². The van der Waals surface area contributed by atoms with Crippen LogP contribution in [-0.4, -0.2) is 89.9 Å². The van der Waals surface area contributed by atoms with Crippen molar-refractivity contribution < 1.29 is 14.3 Å². The number of halogens is 1. The number of likely N-dealkylation sites (tertiary alicyclic amines) is 1. The summed E-state index contributed by atoms with van der Waals surface area (Å²) < 4.78 is 13.2. The molecule has 2 fully saturated rings. The summed E-state index contributed by atoms with van der Waals surface area (Å²) in [5.74, 6) is 0.857. The molecule has 11 heteroatoms. The number of benzene rings is 4. The van der Waals surface area contributed by atoms with E-state index in [1.165, 1.54) is 49.3 Å². The van der Waals surface area contributed by atoms with Crippen LogP contribution in [0.2, 0.25) is 0 Å². The molecule has 5 aromatic rings. The van der Waals surface area contributed by atoms with Crippen molar-refractivity contribution in [2.45, 2.75) is 84.5 Å². The van der Waals surface area contributed by atoms with Crippen LogP contribution >= 0.6 is 15.9 Å². The van der Waals surface area contributed by atoms with Gasteiger partial charge < -0.3 is 29.1 Å². The first-order valence-electron chi connectivity index (χ1n) is 20.1. The predicted octanol–water partition coefficient (Wildman–Crippen LogP) is 9.22. The molecule has 0 radical (unpaired) electrons. The fourth-order valence-electron chi connectivity index (χ4n) is 8.41. The third-order valence-corrected chi connectivity index (χ3v) is 12.0. The van der Waals surface area contributed by atoms with E-state index in [-0.39, 0.29) is 18.6 Å². The Balaban J connectivity index is 0.000000351.